The molecule has 1 aromatic rings. The van der Waals surface area contributed by atoms with Gasteiger partial charge in [0.1, 0.15) is 12.4 Å². The molecule has 1 fully saturated rings. The van der Waals surface area contributed by atoms with Crippen molar-refractivity contribution in [2.75, 3.05) is 6.61 Å². The molecule has 0 aliphatic heterocycles. The summed E-state index contributed by atoms with van der Waals surface area (Å²) in [6, 6.07) is 7.12. The van der Waals surface area contributed by atoms with Gasteiger partial charge in [-0.25, -0.2) is 0 Å². The predicted octanol–water partition coefficient (Wildman–Crippen LogP) is 4.11. The number of benzene rings is 1. The van der Waals surface area contributed by atoms with Crippen molar-refractivity contribution in [1.29, 1.82) is 0 Å². The molecule has 0 bridgehead atoms. The van der Waals surface area contributed by atoms with Gasteiger partial charge in [0.05, 0.1) is 0 Å². The van der Waals surface area contributed by atoms with Crippen molar-refractivity contribution in [3.8, 4) is 5.75 Å². The fraction of sp³-hybridized carbons (Fsp3) is 0.533. The van der Waals surface area contributed by atoms with Crippen LogP contribution in [0.3, 0.4) is 0 Å². The second-order valence-corrected chi connectivity index (χ2v) is 5.61. The molecule has 2 atom stereocenters. The number of ether oxygens (including phenoxy) is 1. The third kappa shape index (κ3) is 3.74. The van der Waals surface area contributed by atoms with Crippen LogP contribution < -0.4 is 4.74 Å². The lowest BCUT2D eigenvalue weighted by molar-refractivity contribution is -0.126. The number of carbonyl (C=O) groups excluding carboxylic acids is 1. The first kappa shape index (κ1) is 13.4. The molecule has 2 nitrogen and oxygen atoms in total. The molecule has 1 aliphatic rings. The van der Waals surface area contributed by atoms with Crippen LogP contribution in [-0.4, -0.2) is 12.4 Å². The van der Waals surface area contributed by atoms with Crippen molar-refractivity contribution in [2.45, 2.75) is 32.6 Å². The van der Waals surface area contributed by atoms with Crippen molar-refractivity contribution >= 4 is 17.4 Å². The molecule has 98 valence electrons. The minimum absolute atomic E-state index is 0.180. The zero-order valence-corrected chi connectivity index (χ0v) is 11.5. The lowest BCUT2D eigenvalue weighted by Gasteiger charge is -2.25. The maximum absolute atomic E-state index is 12.0. The van der Waals surface area contributed by atoms with E-state index in [0.29, 0.717) is 16.7 Å². The van der Waals surface area contributed by atoms with Gasteiger partial charge in [-0.1, -0.05) is 31.4 Å². The molecule has 1 aliphatic carbocycles. The average Bonchev–Trinajstić information content (AvgIpc) is 2.38. The van der Waals surface area contributed by atoms with E-state index in [-0.39, 0.29) is 18.3 Å². The Hall–Kier alpha value is -1.02. The lowest BCUT2D eigenvalue weighted by Crippen LogP contribution is -2.26. The highest BCUT2D eigenvalue weighted by atomic mass is 35.5. The Kier molecular flexibility index (Phi) is 4.65. The zero-order valence-electron chi connectivity index (χ0n) is 10.7. The van der Waals surface area contributed by atoms with Gasteiger partial charge in [0.2, 0.25) is 0 Å². The van der Waals surface area contributed by atoms with E-state index < -0.39 is 0 Å². The Labute approximate surface area is 113 Å². The summed E-state index contributed by atoms with van der Waals surface area (Å²) in [5.74, 6) is 1.80. The maximum atomic E-state index is 12.0. The molecule has 1 saturated carbocycles. The molecular weight excluding hydrogens is 248 g/mol. The Bertz CT molecular complexity index is 399. The number of rotatable bonds is 4. The normalized spacial score (nSPS) is 23.7. The SMILES string of the molecule is CC1CCCC(C(=O)COc2ccc(Cl)cc2)C1. The molecule has 0 N–H and O–H groups in total. The molecule has 0 heterocycles. The minimum atomic E-state index is 0.180. The van der Waals surface area contributed by atoms with Crippen LogP contribution in [0.4, 0.5) is 0 Å². The second-order valence-electron chi connectivity index (χ2n) is 5.18. The van der Waals surface area contributed by atoms with Gasteiger partial charge in [-0.15, -0.1) is 0 Å². The Morgan fingerprint density at radius 2 is 2.06 bits per heavy atom. The molecule has 0 spiro atoms. The molecule has 18 heavy (non-hydrogen) atoms. The van der Waals surface area contributed by atoms with Gasteiger partial charge >= 0.3 is 0 Å². The van der Waals surface area contributed by atoms with Crippen molar-refractivity contribution < 1.29 is 9.53 Å². The van der Waals surface area contributed by atoms with E-state index in [9.17, 15) is 4.79 Å². The molecule has 2 rings (SSSR count). The highest BCUT2D eigenvalue weighted by Gasteiger charge is 2.25. The molecule has 0 saturated heterocycles. The van der Waals surface area contributed by atoms with E-state index in [1.165, 1.54) is 12.8 Å². The van der Waals surface area contributed by atoms with Crippen LogP contribution in [0.2, 0.25) is 5.02 Å². The summed E-state index contributed by atoms with van der Waals surface area (Å²) in [5.41, 5.74) is 0. The first-order chi connectivity index (χ1) is 8.65. The molecule has 0 amide bonds. The molecule has 0 aromatic heterocycles. The smallest absolute Gasteiger partial charge is 0.173 e. The number of hydrogen-bond acceptors (Lipinski definition) is 2. The summed E-state index contributed by atoms with van der Waals surface area (Å²) in [7, 11) is 0. The van der Waals surface area contributed by atoms with E-state index in [2.05, 4.69) is 6.92 Å². The number of halogens is 1. The quantitative estimate of drug-likeness (QED) is 0.820. The first-order valence-corrected chi connectivity index (χ1v) is 6.94. The summed E-state index contributed by atoms with van der Waals surface area (Å²) in [6.07, 6.45) is 4.45. The highest BCUT2D eigenvalue weighted by Crippen LogP contribution is 2.29. The first-order valence-electron chi connectivity index (χ1n) is 6.56. The fourth-order valence-corrected chi connectivity index (χ4v) is 2.66. The summed E-state index contributed by atoms with van der Waals surface area (Å²) in [4.78, 5) is 12.0. The standard InChI is InChI=1S/C15H19ClO2/c1-11-3-2-4-12(9-11)15(17)10-18-14-7-5-13(16)6-8-14/h5-8,11-12H,2-4,9-10H2,1H3. The van der Waals surface area contributed by atoms with Crippen LogP contribution in [0.15, 0.2) is 24.3 Å². The third-order valence-corrected chi connectivity index (χ3v) is 3.84. The number of carbonyl (C=O) groups is 1. The number of ketones is 1. The van der Waals surface area contributed by atoms with Crippen LogP contribution in [0.25, 0.3) is 0 Å². The van der Waals surface area contributed by atoms with Gasteiger partial charge < -0.3 is 4.74 Å². The van der Waals surface area contributed by atoms with Crippen LogP contribution in [-0.2, 0) is 4.79 Å². The van der Waals surface area contributed by atoms with E-state index >= 15 is 0 Å². The predicted molar refractivity (Wildman–Crippen MR) is 73.1 cm³/mol. The topological polar surface area (TPSA) is 26.3 Å². The zero-order chi connectivity index (χ0) is 13.0. The lowest BCUT2D eigenvalue weighted by atomic mass is 9.80. The van der Waals surface area contributed by atoms with E-state index in [0.717, 1.165) is 12.8 Å². The third-order valence-electron chi connectivity index (χ3n) is 3.59. The Morgan fingerprint density at radius 3 is 2.72 bits per heavy atom. The van der Waals surface area contributed by atoms with Crippen molar-refractivity contribution in [2.24, 2.45) is 11.8 Å². The summed E-state index contributed by atoms with van der Waals surface area (Å²) in [5, 5.41) is 0.676. The van der Waals surface area contributed by atoms with Crippen molar-refractivity contribution in [3.63, 3.8) is 0 Å². The van der Waals surface area contributed by atoms with E-state index in [4.69, 9.17) is 16.3 Å². The minimum Gasteiger partial charge on any atom is -0.486 e. The molecule has 0 radical (unpaired) electrons. The van der Waals surface area contributed by atoms with Gasteiger partial charge in [0, 0.05) is 10.9 Å². The molecule has 2 unspecified atom stereocenters. The average molecular weight is 267 g/mol. The number of hydrogen-bond donors (Lipinski definition) is 0. The maximum Gasteiger partial charge on any atom is 0.173 e. The Morgan fingerprint density at radius 1 is 1.33 bits per heavy atom. The van der Waals surface area contributed by atoms with Crippen LogP contribution >= 0.6 is 11.6 Å². The summed E-state index contributed by atoms with van der Waals surface area (Å²) < 4.78 is 5.50. The van der Waals surface area contributed by atoms with Gasteiger partial charge in [-0.2, -0.15) is 0 Å². The van der Waals surface area contributed by atoms with E-state index in [1.54, 1.807) is 24.3 Å². The molecule has 3 heteroatoms. The van der Waals surface area contributed by atoms with Gasteiger partial charge in [0.25, 0.3) is 0 Å². The largest absolute Gasteiger partial charge is 0.486 e. The summed E-state index contributed by atoms with van der Waals surface area (Å²) >= 11 is 5.79. The van der Waals surface area contributed by atoms with Crippen molar-refractivity contribution in [3.05, 3.63) is 29.3 Å². The molecular formula is C15H19ClO2. The Balaban J connectivity index is 1.82. The van der Waals surface area contributed by atoms with Gasteiger partial charge in [-0.3, -0.25) is 4.79 Å². The monoisotopic (exact) mass is 266 g/mol. The fourth-order valence-electron chi connectivity index (χ4n) is 2.53. The van der Waals surface area contributed by atoms with Crippen molar-refractivity contribution in [1.82, 2.24) is 0 Å². The number of Topliss-reactive ketones (excluding diaryl/α,β-unsaturated/α-hetero) is 1. The highest BCUT2D eigenvalue weighted by molar-refractivity contribution is 6.30. The van der Waals surface area contributed by atoms with Crippen LogP contribution in [0.1, 0.15) is 32.6 Å². The van der Waals surface area contributed by atoms with Gasteiger partial charge in [-0.05, 0) is 43.0 Å². The second kappa shape index (κ2) is 6.24. The summed E-state index contributed by atoms with van der Waals surface area (Å²) in [6.45, 7) is 2.40. The van der Waals surface area contributed by atoms with Crippen LogP contribution in [0.5, 0.6) is 5.75 Å². The molecule has 1 aromatic carbocycles. The van der Waals surface area contributed by atoms with Crippen LogP contribution in [0, 0.1) is 11.8 Å². The van der Waals surface area contributed by atoms with E-state index in [1.807, 2.05) is 0 Å². The van der Waals surface area contributed by atoms with Gasteiger partial charge in [0.15, 0.2) is 5.78 Å².